The highest BCUT2D eigenvalue weighted by Gasteiger charge is 2.21. The van der Waals surface area contributed by atoms with Gasteiger partial charge in [-0.05, 0) is 56.0 Å². The fourth-order valence-corrected chi connectivity index (χ4v) is 4.00. The van der Waals surface area contributed by atoms with E-state index in [-0.39, 0.29) is 5.91 Å². The average Bonchev–Trinajstić information content (AvgIpc) is 2.74. The lowest BCUT2D eigenvalue weighted by molar-refractivity contribution is 0.0724. The zero-order valence-electron chi connectivity index (χ0n) is 16.1. The Balaban J connectivity index is 1.36. The number of piperidine rings is 1. The van der Waals surface area contributed by atoms with E-state index in [1.165, 1.54) is 17.7 Å². The van der Waals surface area contributed by atoms with Crippen LogP contribution in [0.3, 0.4) is 0 Å². The molecule has 142 valence electrons. The largest absolute Gasteiger partial charge is 0.368 e. The van der Waals surface area contributed by atoms with E-state index in [2.05, 4.69) is 46.0 Å². The second-order valence-corrected chi connectivity index (χ2v) is 7.57. The van der Waals surface area contributed by atoms with Gasteiger partial charge in [-0.1, -0.05) is 12.1 Å². The van der Waals surface area contributed by atoms with Crippen molar-refractivity contribution in [2.75, 3.05) is 49.1 Å². The zero-order chi connectivity index (χ0) is 18.6. The lowest BCUT2D eigenvalue weighted by Crippen LogP contribution is -2.46. The molecule has 2 aliphatic heterocycles. The Bertz CT molecular complexity index is 775. The van der Waals surface area contributed by atoms with E-state index in [0.29, 0.717) is 5.56 Å². The van der Waals surface area contributed by atoms with Crippen molar-refractivity contribution in [2.24, 2.45) is 0 Å². The molecule has 5 heteroatoms. The number of carbonyl (C=O) groups is 1. The molecule has 0 N–H and O–H groups in total. The van der Waals surface area contributed by atoms with E-state index in [1.54, 1.807) is 6.20 Å². The summed E-state index contributed by atoms with van der Waals surface area (Å²) in [5.41, 5.74) is 3.30. The van der Waals surface area contributed by atoms with E-state index >= 15 is 0 Å². The fraction of sp³-hybridized carbons (Fsp3) is 0.455. The summed E-state index contributed by atoms with van der Waals surface area (Å²) < 4.78 is 0. The summed E-state index contributed by atoms with van der Waals surface area (Å²) in [5.74, 6) is 1.09. The van der Waals surface area contributed by atoms with Gasteiger partial charge in [0, 0.05) is 51.2 Å². The first kappa shape index (κ1) is 17.8. The second kappa shape index (κ2) is 7.99. The number of aromatic nitrogens is 1. The Hall–Kier alpha value is -2.56. The Kier molecular flexibility index (Phi) is 5.28. The van der Waals surface area contributed by atoms with Crippen LogP contribution in [0.2, 0.25) is 0 Å². The number of likely N-dealkylation sites (tertiary alicyclic amines) is 1. The van der Waals surface area contributed by atoms with Crippen LogP contribution in [-0.2, 0) is 0 Å². The number of pyridine rings is 1. The monoisotopic (exact) mass is 364 g/mol. The fourth-order valence-electron chi connectivity index (χ4n) is 4.00. The van der Waals surface area contributed by atoms with Gasteiger partial charge in [-0.25, -0.2) is 4.98 Å². The number of hydrogen-bond donors (Lipinski definition) is 0. The summed E-state index contributed by atoms with van der Waals surface area (Å²) in [6.45, 7) is 7.75. The highest BCUT2D eigenvalue weighted by molar-refractivity contribution is 5.94. The average molecular weight is 364 g/mol. The van der Waals surface area contributed by atoms with Gasteiger partial charge in [-0.2, -0.15) is 0 Å². The lowest BCUT2D eigenvalue weighted by Gasteiger charge is -2.37. The summed E-state index contributed by atoms with van der Waals surface area (Å²) in [6.07, 6.45) is 5.21. The van der Waals surface area contributed by atoms with Crippen molar-refractivity contribution in [1.82, 2.24) is 9.88 Å². The first-order chi connectivity index (χ1) is 13.2. The van der Waals surface area contributed by atoms with Crippen molar-refractivity contribution in [3.63, 3.8) is 0 Å². The predicted molar refractivity (Wildman–Crippen MR) is 110 cm³/mol. The van der Waals surface area contributed by atoms with Crippen LogP contribution < -0.4 is 9.80 Å². The molecule has 0 atom stereocenters. The molecule has 1 amide bonds. The predicted octanol–water partition coefficient (Wildman–Crippen LogP) is 3.34. The van der Waals surface area contributed by atoms with Gasteiger partial charge in [-0.3, -0.25) is 4.79 Å². The molecule has 0 unspecified atom stereocenters. The molecular formula is C22H28N4O. The number of amides is 1. The third-order valence-electron chi connectivity index (χ3n) is 5.61. The smallest absolute Gasteiger partial charge is 0.255 e. The van der Waals surface area contributed by atoms with Crippen LogP contribution in [0.4, 0.5) is 11.5 Å². The molecule has 2 aliphatic rings. The molecule has 27 heavy (non-hydrogen) atoms. The van der Waals surface area contributed by atoms with Crippen LogP contribution in [0.5, 0.6) is 0 Å². The molecule has 2 fully saturated rings. The molecule has 0 aliphatic carbocycles. The molecule has 2 aromatic rings. The number of carbonyl (C=O) groups excluding carboxylic acids is 1. The number of anilines is 2. The first-order valence-corrected chi connectivity index (χ1v) is 10.0. The van der Waals surface area contributed by atoms with E-state index < -0.39 is 0 Å². The molecule has 4 rings (SSSR count). The minimum absolute atomic E-state index is 0.123. The van der Waals surface area contributed by atoms with Gasteiger partial charge in [0.1, 0.15) is 5.82 Å². The summed E-state index contributed by atoms with van der Waals surface area (Å²) in [7, 11) is 0. The van der Waals surface area contributed by atoms with Gasteiger partial charge in [0.2, 0.25) is 0 Å². The van der Waals surface area contributed by atoms with Crippen LogP contribution in [-0.4, -0.2) is 55.1 Å². The topological polar surface area (TPSA) is 39.7 Å². The van der Waals surface area contributed by atoms with E-state index in [1.807, 2.05) is 17.0 Å². The maximum absolute atomic E-state index is 12.6. The van der Waals surface area contributed by atoms with Crippen LogP contribution in [0.1, 0.15) is 35.2 Å². The number of aryl methyl sites for hydroxylation is 1. The van der Waals surface area contributed by atoms with E-state index in [0.717, 1.165) is 57.9 Å². The van der Waals surface area contributed by atoms with Gasteiger partial charge in [0.05, 0.1) is 5.56 Å². The molecule has 5 nitrogen and oxygen atoms in total. The summed E-state index contributed by atoms with van der Waals surface area (Å²) in [6, 6.07) is 12.6. The van der Waals surface area contributed by atoms with Gasteiger partial charge >= 0.3 is 0 Å². The molecule has 0 spiro atoms. The van der Waals surface area contributed by atoms with Crippen molar-refractivity contribution in [1.29, 1.82) is 0 Å². The van der Waals surface area contributed by atoms with Crippen molar-refractivity contribution in [2.45, 2.75) is 26.2 Å². The summed E-state index contributed by atoms with van der Waals surface area (Å²) >= 11 is 0. The summed E-state index contributed by atoms with van der Waals surface area (Å²) in [4.78, 5) is 23.9. The third kappa shape index (κ3) is 4.07. The lowest BCUT2D eigenvalue weighted by atomic mass is 10.1. The number of benzene rings is 1. The molecule has 0 saturated carbocycles. The minimum Gasteiger partial charge on any atom is -0.368 e. The highest BCUT2D eigenvalue weighted by Crippen LogP contribution is 2.21. The molecule has 0 radical (unpaired) electrons. The van der Waals surface area contributed by atoms with Crippen LogP contribution in [0.15, 0.2) is 42.6 Å². The number of rotatable bonds is 3. The highest BCUT2D eigenvalue weighted by atomic mass is 16.2. The van der Waals surface area contributed by atoms with Crippen molar-refractivity contribution in [3.05, 3.63) is 53.7 Å². The minimum atomic E-state index is 0.123. The van der Waals surface area contributed by atoms with Gasteiger partial charge < -0.3 is 14.7 Å². The first-order valence-electron chi connectivity index (χ1n) is 10.0. The second-order valence-electron chi connectivity index (χ2n) is 7.57. The Labute approximate surface area is 161 Å². The van der Waals surface area contributed by atoms with Crippen LogP contribution >= 0.6 is 0 Å². The van der Waals surface area contributed by atoms with E-state index in [9.17, 15) is 4.79 Å². The van der Waals surface area contributed by atoms with Crippen molar-refractivity contribution < 1.29 is 4.79 Å². The van der Waals surface area contributed by atoms with Gasteiger partial charge in [0.25, 0.3) is 5.91 Å². The Morgan fingerprint density at radius 3 is 2.30 bits per heavy atom. The van der Waals surface area contributed by atoms with Gasteiger partial charge in [-0.15, -0.1) is 0 Å². The third-order valence-corrected chi connectivity index (χ3v) is 5.61. The normalized spacial score (nSPS) is 17.9. The molecular weight excluding hydrogens is 336 g/mol. The van der Waals surface area contributed by atoms with Crippen LogP contribution in [0.25, 0.3) is 0 Å². The van der Waals surface area contributed by atoms with Gasteiger partial charge in [0.15, 0.2) is 0 Å². The number of nitrogens with zero attached hydrogens (tertiary/aromatic N) is 4. The van der Waals surface area contributed by atoms with Crippen molar-refractivity contribution in [3.8, 4) is 0 Å². The van der Waals surface area contributed by atoms with E-state index in [4.69, 9.17) is 0 Å². The Morgan fingerprint density at radius 2 is 1.63 bits per heavy atom. The standard InChI is InChI=1S/C22H28N4O/c1-18-6-5-7-20(16-18)24-12-14-25(15-13-24)21-9-8-19(17-23-21)22(27)26-10-3-2-4-11-26/h5-9,16-17H,2-4,10-15H2,1H3. The maximum atomic E-state index is 12.6. The maximum Gasteiger partial charge on any atom is 0.255 e. The van der Waals surface area contributed by atoms with Crippen molar-refractivity contribution >= 4 is 17.4 Å². The quantitative estimate of drug-likeness (QED) is 0.837. The number of hydrogen-bond acceptors (Lipinski definition) is 4. The molecule has 1 aromatic carbocycles. The zero-order valence-corrected chi connectivity index (χ0v) is 16.1. The Morgan fingerprint density at radius 1 is 0.889 bits per heavy atom. The molecule has 3 heterocycles. The molecule has 2 saturated heterocycles. The van der Waals surface area contributed by atoms with Crippen LogP contribution in [0, 0.1) is 6.92 Å². The SMILES string of the molecule is Cc1cccc(N2CCN(c3ccc(C(=O)N4CCCCC4)cn3)CC2)c1. The molecule has 0 bridgehead atoms. The molecule has 1 aromatic heterocycles. The number of piperazine rings is 1. The summed E-state index contributed by atoms with van der Waals surface area (Å²) in [5, 5.41) is 0.